The lowest BCUT2D eigenvalue weighted by Crippen LogP contribution is -2.47. The van der Waals surface area contributed by atoms with Gasteiger partial charge in [0.25, 0.3) is 0 Å². The van der Waals surface area contributed by atoms with Gasteiger partial charge in [-0.05, 0) is 47.7 Å². The standard InChI is InChI=1S/C23H34N2O5Si/c1-6-9-29-23(28)21-19-16-12-14(26)7-8-15(16)17(13-18(19)25-24-2)20(21)22(27)30-10-11-31(3,4)5/h7-8,12,17,20-21,24-26H,6,9-11,13H2,1-5H3/t17?,20?,21-/m1/s1. The van der Waals surface area contributed by atoms with Crippen molar-refractivity contribution in [2.75, 3.05) is 20.3 Å². The topological polar surface area (TPSA) is 96.9 Å². The molecule has 0 spiro atoms. The molecule has 3 N–H and O–H groups in total. The molecule has 0 amide bonds. The number of hydrazine groups is 1. The number of hydrogen-bond acceptors (Lipinski definition) is 7. The van der Waals surface area contributed by atoms with E-state index in [0.29, 0.717) is 31.6 Å². The molecule has 0 heterocycles. The minimum atomic E-state index is -1.36. The van der Waals surface area contributed by atoms with Crippen molar-refractivity contribution in [2.45, 2.75) is 51.4 Å². The highest BCUT2D eigenvalue weighted by Gasteiger charge is 2.53. The molecular weight excluding hydrogens is 412 g/mol. The van der Waals surface area contributed by atoms with Crippen molar-refractivity contribution >= 4 is 25.6 Å². The van der Waals surface area contributed by atoms with Crippen molar-refractivity contribution in [3.8, 4) is 5.75 Å². The molecule has 3 atom stereocenters. The quantitative estimate of drug-likeness (QED) is 0.304. The van der Waals surface area contributed by atoms with Crippen LogP contribution in [0.3, 0.4) is 0 Å². The number of phenols is 1. The number of nitrogens with one attached hydrogen (secondary N) is 2. The second kappa shape index (κ2) is 9.44. The number of carbonyl (C=O) groups is 2. The van der Waals surface area contributed by atoms with Crippen LogP contribution in [-0.4, -0.2) is 45.4 Å². The molecule has 2 bridgehead atoms. The molecule has 0 fully saturated rings. The van der Waals surface area contributed by atoms with Crippen molar-refractivity contribution in [2.24, 2.45) is 11.8 Å². The van der Waals surface area contributed by atoms with Crippen LogP contribution in [-0.2, 0) is 19.1 Å². The third kappa shape index (κ3) is 4.96. The summed E-state index contributed by atoms with van der Waals surface area (Å²) >= 11 is 0. The SMILES string of the molecule is CCCOC(=O)[C@@H]1C2=C(NNC)CC(c3ccc(O)cc32)C1C(=O)OCC[Si](C)(C)C. The van der Waals surface area contributed by atoms with Gasteiger partial charge in [0.1, 0.15) is 5.75 Å². The number of phenolic OH excluding ortho intramolecular Hbond substituents is 1. The fraction of sp³-hybridized carbons (Fsp3) is 0.565. The Morgan fingerprint density at radius 3 is 2.52 bits per heavy atom. The minimum Gasteiger partial charge on any atom is -0.508 e. The number of carbonyl (C=O) groups excluding carboxylic acids is 2. The second-order valence-electron chi connectivity index (χ2n) is 9.50. The number of esters is 2. The molecule has 2 unspecified atom stereocenters. The Kier molecular flexibility index (Phi) is 7.11. The highest BCUT2D eigenvalue weighted by Crippen LogP contribution is 2.55. The Balaban J connectivity index is 2.02. The van der Waals surface area contributed by atoms with Gasteiger partial charge in [-0.25, -0.2) is 5.43 Å². The zero-order chi connectivity index (χ0) is 22.8. The number of ether oxygens (including phenoxy) is 2. The predicted molar refractivity (Wildman–Crippen MR) is 122 cm³/mol. The highest BCUT2D eigenvalue weighted by atomic mass is 28.3. The summed E-state index contributed by atoms with van der Waals surface area (Å²) in [6.07, 6.45) is 1.28. The van der Waals surface area contributed by atoms with Gasteiger partial charge in [-0.15, -0.1) is 0 Å². The summed E-state index contributed by atoms with van der Waals surface area (Å²) < 4.78 is 11.2. The molecule has 0 aliphatic heterocycles. The lowest BCUT2D eigenvalue weighted by molar-refractivity contribution is -0.159. The van der Waals surface area contributed by atoms with Crippen LogP contribution in [0.15, 0.2) is 23.9 Å². The molecule has 0 saturated heterocycles. The van der Waals surface area contributed by atoms with Crippen molar-refractivity contribution < 1.29 is 24.2 Å². The van der Waals surface area contributed by atoms with Crippen LogP contribution < -0.4 is 10.9 Å². The highest BCUT2D eigenvalue weighted by molar-refractivity contribution is 6.76. The minimum absolute atomic E-state index is 0.123. The van der Waals surface area contributed by atoms with Crippen molar-refractivity contribution in [1.29, 1.82) is 0 Å². The van der Waals surface area contributed by atoms with Gasteiger partial charge in [0.15, 0.2) is 0 Å². The summed E-state index contributed by atoms with van der Waals surface area (Å²) in [6, 6.07) is 6.02. The van der Waals surface area contributed by atoms with Crippen LogP contribution >= 0.6 is 0 Å². The van der Waals surface area contributed by atoms with Crippen molar-refractivity contribution in [1.82, 2.24) is 10.9 Å². The van der Waals surface area contributed by atoms with E-state index in [0.717, 1.165) is 22.9 Å². The average molecular weight is 447 g/mol. The molecule has 3 aliphatic carbocycles. The lowest BCUT2D eigenvalue weighted by Gasteiger charge is -2.44. The Labute approximate surface area is 185 Å². The van der Waals surface area contributed by atoms with Gasteiger partial charge in [-0.3, -0.25) is 9.59 Å². The van der Waals surface area contributed by atoms with E-state index in [2.05, 4.69) is 30.5 Å². The molecule has 3 aliphatic rings. The van der Waals surface area contributed by atoms with Gasteiger partial charge in [-0.1, -0.05) is 32.6 Å². The third-order valence-electron chi connectivity index (χ3n) is 5.93. The van der Waals surface area contributed by atoms with Crippen molar-refractivity contribution in [3.05, 3.63) is 35.0 Å². The van der Waals surface area contributed by atoms with E-state index in [1.807, 2.05) is 13.0 Å². The number of benzene rings is 1. The molecule has 0 saturated carbocycles. The molecule has 0 aromatic heterocycles. The Morgan fingerprint density at radius 1 is 1.16 bits per heavy atom. The summed E-state index contributed by atoms with van der Waals surface area (Å²) in [5, 5.41) is 10.1. The summed E-state index contributed by atoms with van der Waals surface area (Å²) in [5.74, 6) is -2.28. The van der Waals surface area contributed by atoms with Gasteiger partial charge in [0.2, 0.25) is 0 Å². The molecule has 170 valence electrons. The van der Waals surface area contributed by atoms with E-state index in [-0.39, 0.29) is 17.6 Å². The van der Waals surface area contributed by atoms with E-state index in [9.17, 15) is 14.7 Å². The van der Waals surface area contributed by atoms with Gasteiger partial charge in [-0.2, -0.15) is 0 Å². The van der Waals surface area contributed by atoms with E-state index in [4.69, 9.17) is 9.47 Å². The fourth-order valence-electron chi connectivity index (χ4n) is 4.47. The number of rotatable bonds is 9. The largest absolute Gasteiger partial charge is 0.508 e. The first kappa shape index (κ1) is 23.3. The molecule has 1 aromatic carbocycles. The fourth-order valence-corrected chi connectivity index (χ4v) is 5.19. The Morgan fingerprint density at radius 2 is 1.87 bits per heavy atom. The molecule has 31 heavy (non-hydrogen) atoms. The smallest absolute Gasteiger partial charge is 0.314 e. The zero-order valence-electron chi connectivity index (χ0n) is 19.1. The molecule has 8 heteroatoms. The number of aromatic hydroxyl groups is 1. The number of hydrogen-bond donors (Lipinski definition) is 3. The van der Waals surface area contributed by atoms with Gasteiger partial charge >= 0.3 is 11.9 Å². The molecular formula is C23H34N2O5Si. The lowest BCUT2D eigenvalue weighted by atomic mass is 9.60. The van der Waals surface area contributed by atoms with Crippen molar-refractivity contribution in [3.63, 3.8) is 0 Å². The van der Waals surface area contributed by atoms with E-state index in [1.165, 1.54) is 0 Å². The summed E-state index contributed by atoms with van der Waals surface area (Å²) in [4.78, 5) is 26.5. The number of fused-ring (bicyclic) bond motifs is 2. The first-order valence-electron chi connectivity index (χ1n) is 11.0. The molecule has 0 radical (unpaired) electrons. The van der Waals surface area contributed by atoms with Gasteiger partial charge < -0.3 is 20.0 Å². The van der Waals surface area contributed by atoms with Crippen LogP contribution in [0.5, 0.6) is 5.75 Å². The van der Waals surface area contributed by atoms with Crippen LogP contribution in [0.1, 0.15) is 36.8 Å². The third-order valence-corrected chi connectivity index (χ3v) is 7.63. The van der Waals surface area contributed by atoms with Gasteiger partial charge in [0, 0.05) is 26.7 Å². The number of allylic oxidation sites excluding steroid dienone is 1. The summed E-state index contributed by atoms with van der Waals surface area (Å²) in [7, 11) is 0.399. The predicted octanol–water partition coefficient (Wildman–Crippen LogP) is 3.40. The normalized spacial score (nSPS) is 22.2. The molecule has 7 nitrogen and oxygen atoms in total. The summed E-state index contributed by atoms with van der Waals surface area (Å²) in [6.45, 7) is 9.31. The first-order chi connectivity index (χ1) is 14.7. The summed E-state index contributed by atoms with van der Waals surface area (Å²) in [5.41, 5.74) is 9.36. The maximum atomic E-state index is 13.3. The maximum Gasteiger partial charge on any atom is 0.314 e. The molecule has 4 rings (SSSR count). The maximum absolute atomic E-state index is 13.3. The monoisotopic (exact) mass is 446 g/mol. The van der Waals surface area contributed by atoms with E-state index < -0.39 is 25.9 Å². The van der Waals surface area contributed by atoms with E-state index >= 15 is 0 Å². The van der Waals surface area contributed by atoms with Gasteiger partial charge in [0.05, 0.1) is 25.0 Å². The van der Waals surface area contributed by atoms with Crippen LogP contribution in [0.25, 0.3) is 5.57 Å². The average Bonchev–Trinajstić information content (AvgIpc) is 2.70. The zero-order valence-corrected chi connectivity index (χ0v) is 20.1. The van der Waals surface area contributed by atoms with Crippen LogP contribution in [0, 0.1) is 11.8 Å². The van der Waals surface area contributed by atoms with Crippen LogP contribution in [0.2, 0.25) is 25.7 Å². The Hall–Kier alpha value is -2.32. The second-order valence-corrected chi connectivity index (χ2v) is 15.1. The van der Waals surface area contributed by atoms with E-state index in [1.54, 1.807) is 19.2 Å². The first-order valence-corrected chi connectivity index (χ1v) is 14.7. The molecule has 1 aromatic rings. The Bertz CT molecular complexity index is 877. The van der Waals surface area contributed by atoms with Crippen LogP contribution in [0.4, 0.5) is 0 Å².